The number of nitrogens with two attached hydrogens (primary N) is 1. The zero-order chi connectivity index (χ0) is 13.4. The van der Waals surface area contributed by atoms with Crippen molar-refractivity contribution in [1.82, 2.24) is 4.98 Å². The number of anilines is 1. The lowest BCUT2D eigenvalue weighted by atomic mass is 10.1. The molecule has 2 aromatic carbocycles. The van der Waals surface area contributed by atoms with E-state index < -0.39 is 0 Å². The number of fused-ring (bicyclic) bond motifs is 1. The van der Waals surface area contributed by atoms with Crippen LogP contribution in [0.2, 0.25) is 5.02 Å². The number of aromatic amines is 1. The summed E-state index contributed by atoms with van der Waals surface area (Å²) in [7, 11) is 0. The number of H-pyrrole nitrogens is 1. The second kappa shape index (κ2) is 5.57. The minimum absolute atomic E-state index is 0. The van der Waals surface area contributed by atoms with E-state index in [0.717, 1.165) is 16.6 Å². The third kappa shape index (κ3) is 2.50. The summed E-state index contributed by atoms with van der Waals surface area (Å²) in [5.41, 5.74) is 8.00. The van der Waals surface area contributed by atoms with Crippen molar-refractivity contribution in [2.75, 3.05) is 5.73 Å². The molecule has 0 atom stereocenters. The lowest BCUT2D eigenvalue weighted by Gasteiger charge is -2.06. The molecule has 0 aliphatic heterocycles. The number of hydrogen-bond acceptors (Lipinski definition) is 2. The van der Waals surface area contributed by atoms with Crippen LogP contribution in [-0.2, 0) is 0 Å². The van der Waals surface area contributed by atoms with Gasteiger partial charge in [-0.3, -0.25) is 4.79 Å². The van der Waals surface area contributed by atoms with E-state index in [2.05, 4.69) is 4.98 Å². The molecule has 3 rings (SSSR count). The van der Waals surface area contributed by atoms with E-state index in [4.69, 9.17) is 17.3 Å². The van der Waals surface area contributed by atoms with Gasteiger partial charge in [0.2, 0.25) is 0 Å². The van der Waals surface area contributed by atoms with Crippen LogP contribution in [-0.4, -0.2) is 4.98 Å². The highest BCUT2D eigenvalue weighted by Gasteiger charge is 2.06. The second-order valence-corrected chi connectivity index (χ2v) is 4.76. The Hall–Kier alpha value is -1.97. The number of benzene rings is 2. The fraction of sp³-hybridized carbons (Fsp3) is 0. The molecule has 20 heavy (non-hydrogen) atoms. The van der Waals surface area contributed by atoms with Gasteiger partial charge in [0, 0.05) is 27.2 Å². The summed E-state index contributed by atoms with van der Waals surface area (Å²) < 4.78 is 0. The molecule has 0 aliphatic carbocycles. The number of rotatable bonds is 1. The Morgan fingerprint density at radius 2 is 1.70 bits per heavy atom. The number of halogens is 2. The van der Waals surface area contributed by atoms with Crippen molar-refractivity contribution in [3.05, 3.63) is 63.9 Å². The molecule has 0 unspecified atom stereocenters. The topological polar surface area (TPSA) is 58.9 Å². The number of aromatic nitrogens is 1. The Balaban J connectivity index is 0.00000147. The summed E-state index contributed by atoms with van der Waals surface area (Å²) in [6.07, 6.45) is 0. The Labute approximate surface area is 126 Å². The molecule has 0 radical (unpaired) electrons. The van der Waals surface area contributed by atoms with E-state index in [-0.39, 0.29) is 18.0 Å². The molecule has 0 bridgehead atoms. The van der Waals surface area contributed by atoms with E-state index in [9.17, 15) is 4.79 Å². The van der Waals surface area contributed by atoms with E-state index in [1.54, 1.807) is 30.3 Å². The first-order valence-electron chi connectivity index (χ1n) is 5.82. The summed E-state index contributed by atoms with van der Waals surface area (Å²) in [5.74, 6) is 0. The molecule has 0 saturated carbocycles. The van der Waals surface area contributed by atoms with Gasteiger partial charge < -0.3 is 10.7 Å². The van der Waals surface area contributed by atoms with Gasteiger partial charge in [-0.1, -0.05) is 29.8 Å². The first kappa shape index (κ1) is 14.4. The molecular weight excluding hydrogens is 295 g/mol. The van der Waals surface area contributed by atoms with Crippen LogP contribution in [0.15, 0.2) is 53.3 Å². The average Bonchev–Trinajstić information content (AvgIpc) is 2.41. The molecule has 0 spiro atoms. The van der Waals surface area contributed by atoms with Crippen LogP contribution in [0.3, 0.4) is 0 Å². The summed E-state index contributed by atoms with van der Waals surface area (Å²) >= 11 is 5.86. The minimum Gasteiger partial charge on any atom is -0.398 e. The largest absolute Gasteiger partial charge is 0.398 e. The maximum atomic E-state index is 12.1. The average molecular weight is 307 g/mol. The fourth-order valence-electron chi connectivity index (χ4n) is 2.10. The first-order chi connectivity index (χ1) is 9.15. The molecule has 0 saturated heterocycles. The Bertz CT molecular complexity index is 810. The minimum atomic E-state index is -0.144. The monoisotopic (exact) mass is 306 g/mol. The Morgan fingerprint density at radius 1 is 1.00 bits per heavy atom. The van der Waals surface area contributed by atoms with Crippen LogP contribution in [0.1, 0.15) is 0 Å². The van der Waals surface area contributed by atoms with E-state index in [1.807, 2.05) is 18.2 Å². The van der Waals surface area contributed by atoms with Crippen molar-refractivity contribution in [1.29, 1.82) is 0 Å². The van der Waals surface area contributed by atoms with Crippen molar-refractivity contribution >= 4 is 40.5 Å². The predicted octanol–water partition coefficient (Wildman–Crippen LogP) is 3.85. The molecule has 0 aliphatic rings. The highest BCUT2D eigenvalue weighted by Crippen LogP contribution is 2.24. The number of hydrogen-bond donors (Lipinski definition) is 2. The normalized spacial score (nSPS) is 10.2. The van der Waals surface area contributed by atoms with Gasteiger partial charge in [-0.15, -0.1) is 12.4 Å². The first-order valence-corrected chi connectivity index (χ1v) is 6.20. The summed E-state index contributed by atoms with van der Waals surface area (Å²) in [6.45, 7) is 0. The second-order valence-electron chi connectivity index (χ2n) is 4.33. The van der Waals surface area contributed by atoms with E-state index in [1.165, 1.54) is 0 Å². The fourth-order valence-corrected chi connectivity index (χ4v) is 2.22. The van der Waals surface area contributed by atoms with Gasteiger partial charge in [0.1, 0.15) is 0 Å². The smallest absolute Gasteiger partial charge is 0.256 e. The van der Waals surface area contributed by atoms with Gasteiger partial charge in [-0.2, -0.15) is 0 Å². The van der Waals surface area contributed by atoms with Crippen molar-refractivity contribution in [3.63, 3.8) is 0 Å². The zero-order valence-electron chi connectivity index (χ0n) is 10.4. The molecule has 0 fully saturated rings. The number of nitrogens with one attached hydrogen (secondary N) is 1. The summed E-state index contributed by atoms with van der Waals surface area (Å²) in [4.78, 5) is 14.9. The molecule has 3 aromatic rings. The summed E-state index contributed by atoms with van der Waals surface area (Å²) in [6, 6.07) is 14.5. The van der Waals surface area contributed by atoms with Gasteiger partial charge in [-0.05, 0) is 35.9 Å². The Morgan fingerprint density at radius 3 is 2.40 bits per heavy atom. The Kier molecular flexibility index (Phi) is 4.02. The number of pyridine rings is 1. The van der Waals surface area contributed by atoms with Gasteiger partial charge >= 0.3 is 0 Å². The standard InChI is InChI=1S/C15H11ClN2O.ClH/c16-10-6-4-9(5-7-10)14-8-12-11(15(19)18-14)2-1-3-13(12)17;/h1-8H,17H2,(H,18,19);1H. The van der Waals surface area contributed by atoms with Crippen molar-refractivity contribution < 1.29 is 0 Å². The molecule has 102 valence electrons. The lowest BCUT2D eigenvalue weighted by molar-refractivity contribution is 1.28. The third-order valence-electron chi connectivity index (χ3n) is 3.08. The highest BCUT2D eigenvalue weighted by atomic mass is 35.5. The third-order valence-corrected chi connectivity index (χ3v) is 3.33. The van der Waals surface area contributed by atoms with Crippen LogP contribution in [0.5, 0.6) is 0 Å². The van der Waals surface area contributed by atoms with Crippen molar-refractivity contribution in [2.45, 2.75) is 0 Å². The quantitative estimate of drug-likeness (QED) is 0.671. The molecule has 0 amide bonds. The molecular formula is C15H12Cl2N2O. The van der Waals surface area contributed by atoms with Crippen LogP contribution >= 0.6 is 24.0 Å². The predicted molar refractivity (Wildman–Crippen MR) is 86.7 cm³/mol. The maximum Gasteiger partial charge on any atom is 0.256 e. The van der Waals surface area contributed by atoms with Crippen LogP contribution in [0.4, 0.5) is 5.69 Å². The van der Waals surface area contributed by atoms with E-state index >= 15 is 0 Å². The van der Waals surface area contributed by atoms with Crippen LogP contribution in [0, 0.1) is 0 Å². The molecule has 5 heteroatoms. The zero-order valence-corrected chi connectivity index (χ0v) is 12.0. The van der Waals surface area contributed by atoms with Gasteiger partial charge in [0.15, 0.2) is 0 Å². The van der Waals surface area contributed by atoms with E-state index in [0.29, 0.717) is 16.1 Å². The maximum absolute atomic E-state index is 12.1. The van der Waals surface area contributed by atoms with Gasteiger partial charge in [0.25, 0.3) is 5.56 Å². The molecule has 3 N–H and O–H groups in total. The molecule has 3 nitrogen and oxygen atoms in total. The van der Waals surface area contributed by atoms with Crippen molar-refractivity contribution in [2.24, 2.45) is 0 Å². The highest BCUT2D eigenvalue weighted by molar-refractivity contribution is 6.30. The van der Waals surface area contributed by atoms with Gasteiger partial charge in [-0.25, -0.2) is 0 Å². The van der Waals surface area contributed by atoms with Crippen LogP contribution < -0.4 is 11.3 Å². The lowest BCUT2D eigenvalue weighted by Crippen LogP contribution is -2.08. The van der Waals surface area contributed by atoms with Crippen molar-refractivity contribution in [3.8, 4) is 11.3 Å². The molecule has 1 heterocycles. The number of nitrogen functional groups attached to an aromatic ring is 1. The SMILES string of the molecule is Cl.Nc1cccc2c(=O)[nH]c(-c3ccc(Cl)cc3)cc12. The molecule has 1 aromatic heterocycles. The van der Waals surface area contributed by atoms with Gasteiger partial charge in [0.05, 0.1) is 0 Å². The van der Waals surface area contributed by atoms with Crippen LogP contribution in [0.25, 0.3) is 22.0 Å². The summed E-state index contributed by atoms with van der Waals surface area (Å²) in [5, 5.41) is 2.01.